The van der Waals surface area contributed by atoms with Crippen molar-refractivity contribution in [2.75, 3.05) is 20.1 Å². The van der Waals surface area contributed by atoms with Crippen LogP contribution in [-0.4, -0.2) is 26.0 Å². The van der Waals surface area contributed by atoms with Crippen LogP contribution >= 0.6 is 0 Å². The topological polar surface area (TPSA) is 41.1 Å². The number of halogens is 1. The van der Waals surface area contributed by atoms with Gasteiger partial charge in [-0.15, -0.1) is 0 Å². The van der Waals surface area contributed by atoms with Gasteiger partial charge in [-0.3, -0.25) is 4.79 Å². The Morgan fingerprint density at radius 3 is 2.53 bits per heavy atom. The van der Waals surface area contributed by atoms with Crippen LogP contribution in [0.4, 0.5) is 4.39 Å². The summed E-state index contributed by atoms with van der Waals surface area (Å²) in [5.41, 5.74) is 0.487. The molecule has 0 saturated heterocycles. The number of amides is 1. The van der Waals surface area contributed by atoms with Crippen LogP contribution < -0.4 is 10.6 Å². The Bertz CT molecular complexity index is 311. The largest absolute Gasteiger partial charge is 0.352 e. The highest BCUT2D eigenvalue weighted by Gasteiger charge is 2.03. The molecule has 0 spiro atoms. The van der Waals surface area contributed by atoms with E-state index in [1.807, 2.05) is 7.05 Å². The van der Waals surface area contributed by atoms with Crippen molar-refractivity contribution >= 4 is 5.91 Å². The van der Waals surface area contributed by atoms with E-state index in [9.17, 15) is 9.18 Å². The van der Waals surface area contributed by atoms with Gasteiger partial charge in [-0.25, -0.2) is 4.39 Å². The highest BCUT2D eigenvalue weighted by molar-refractivity contribution is 5.94. The lowest BCUT2D eigenvalue weighted by Gasteiger charge is -2.04. The maximum Gasteiger partial charge on any atom is 0.251 e. The molecule has 0 fully saturated rings. The molecule has 0 aromatic heterocycles. The van der Waals surface area contributed by atoms with Crippen molar-refractivity contribution in [3.63, 3.8) is 0 Å². The summed E-state index contributed by atoms with van der Waals surface area (Å²) in [6.45, 7) is 1.49. The van der Waals surface area contributed by atoms with Gasteiger partial charge in [-0.2, -0.15) is 0 Å². The van der Waals surface area contributed by atoms with E-state index in [0.717, 1.165) is 13.0 Å². The van der Waals surface area contributed by atoms with Crippen molar-refractivity contribution in [1.29, 1.82) is 0 Å². The second kappa shape index (κ2) is 6.14. The molecule has 82 valence electrons. The van der Waals surface area contributed by atoms with Gasteiger partial charge in [0.05, 0.1) is 0 Å². The van der Waals surface area contributed by atoms with Gasteiger partial charge in [0.1, 0.15) is 5.82 Å². The summed E-state index contributed by atoms with van der Waals surface area (Å²) in [5, 5.41) is 5.74. The Kier molecular flexibility index (Phi) is 4.77. The summed E-state index contributed by atoms with van der Waals surface area (Å²) in [6, 6.07) is 5.51. The number of carbonyl (C=O) groups excluding carboxylic acids is 1. The average Bonchev–Trinajstić information content (AvgIpc) is 2.25. The first-order chi connectivity index (χ1) is 7.24. The van der Waals surface area contributed by atoms with E-state index in [0.29, 0.717) is 12.1 Å². The average molecular weight is 210 g/mol. The first-order valence-electron chi connectivity index (χ1n) is 4.92. The highest BCUT2D eigenvalue weighted by atomic mass is 19.1. The van der Waals surface area contributed by atoms with Gasteiger partial charge in [0.15, 0.2) is 0 Å². The highest BCUT2D eigenvalue weighted by Crippen LogP contribution is 2.02. The molecule has 0 radical (unpaired) electrons. The molecule has 1 rings (SSSR count). The number of hydrogen-bond acceptors (Lipinski definition) is 2. The van der Waals surface area contributed by atoms with Crippen LogP contribution in [0, 0.1) is 5.82 Å². The van der Waals surface area contributed by atoms with E-state index in [4.69, 9.17) is 0 Å². The van der Waals surface area contributed by atoms with Crippen LogP contribution in [0.15, 0.2) is 24.3 Å². The van der Waals surface area contributed by atoms with Gasteiger partial charge < -0.3 is 10.6 Å². The van der Waals surface area contributed by atoms with Gasteiger partial charge in [-0.05, 0) is 44.3 Å². The van der Waals surface area contributed by atoms with Crippen molar-refractivity contribution in [3.8, 4) is 0 Å². The fraction of sp³-hybridized carbons (Fsp3) is 0.364. The lowest BCUT2D eigenvalue weighted by molar-refractivity contribution is 0.0953. The predicted octanol–water partition coefficient (Wildman–Crippen LogP) is 1.16. The monoisotopic (exact) mass is 210 g/mol. The second-order valence-corrected chi connectivity index (χ2v) is 3.22. The summed E-state index contributed by atoms with van der Waals surface area (Å²) in [6.07, 6.45) is 0.878. The number of hydrogen-bond donors (Lipinski definition) is 2. The predicted molar refractivity (Wildman–Crippen MR) is 57.3 cm³/mol. The molecule has 1 aromatic rings. The Balaban J connectivity index is 2.37. The molecule has 0 aliphatic rings. The van der Waals surface area contributed by atoms with Crippen LogP contribution in [0.3, 0.4) is 0 Å². The maximum absolute atomic E-state index is 12.6. The number of carbonyl (C=O) groups is 1. The fourth-order valence-electron chi connectivity index (χ4n) is 1.17. The third kappa shape index (κ3) is 4.08. The molecule has 0 heterocycles. The Morgan fingerprint density at radius 2 is 1.93 bits per heavy atom. The van der Waals surface area contributed by atoms with Gasteiger partial charge in [0.2, 0.25) is 0 Å². The van der Waals surface area contributed by atoms with Gasteiger partial charge >= 0.3 is 0 Å². The number of benzene rings is 1. The molecule has 1 aromatic carbocycles. The van der Waals surface area contributed by atoms with Crippen LogP contribution in [0.25, 0.3) is 0 Å². The molecule has 3 nitrogen and oxygen atoms in total. The van der Waals surface area contributed by atoms with E-state index in [1.165, 1.54) is 24.3 Å². The minimum absolute atomic E-state index is 0.161. The Morgan fingerprint density at radius 1 is 1.27 bits per heavy atom. The second-order valence-electron chi connectivity index (χ2n) is 3.22. The van der Waals surface area contributed by atoms with E-state index >= 15 is 0 Å². The Labute approximate surface area is 88.7 Å². The smallest absolute Gasteiger partial charge is 0.251 e. The van der Waals surface area contributed by atoms with E-state index in [2.05, 4.69) is 10.6 Å². The van der Waals surface area contributed by atoms with Gasteiger partial charge in [0.25, 0.3) is 5.91 Å². The Hall–Kier alpha value is -1.42. The molecular weight excluding hydrogens is 195 g/mol. The lowest BCUT2D eigenvalue weighted by Crippen LogP contribution is -2.26. The van der Waals surface area contributed by atoms with E-state index < -0.39 is 0 Å². The molecule has 0 unspecified atom stereocenters. The lowest BCUT2D eigenvalue weighted by atomic mass is 10.2. The molecule has 0 atom stereocenters. The quantitative estimate of drug-likeness (QED) is 0.716. The summed E-state index contributed by atoms with van der Waals surface area (Å²) >= 11 is 0. The summed E-state index contributed by atoms with van der Waals surface area (Å²) in [7, 11) is 1.86. The van der Waals surface area contributed by atoms with Crippen LogP contribution in [0.1, 0.15) is 16.8 Å². The number of rotatable bonds is 5. The van der Waals surface area contributed by atoms with Gasteiger partial charge in [0, 0.05) is 12.1 Å². The third-order valence-electron chi connectivity index (χ3n) is 2.00. The molecule has 2 N–H and O–H groups in total. The van der Waals surface area contributed by atoms with Crippen LogP contribution in [0.5, 0.6) is 0 Å². The molecule has 4 heteroatoms. The van der Waals surface area contributed by atoms with E-state index in [-0.39, 0.29) is 11.7 Å². The molecule has 0 saturated carbocycles. The van der Waals surface area contributed by atoms with Crippen molar-refractivity contribution in [1.82, 2.24) is 10.6 Å². The molecule has 0 aliphatic heterocycles. The zero-order valence-corrected chi connectivity index (χ0v) is 8.72. The third-order valence-corrected chi connectivity index (χ3v) is 2.00. The zero-order chi connectivity index (χ0) is 11.1. The summed E-state index contributed by atoms with van der Waals surface area (Å²) < 4.78 is 12.6. The minimum atomic E-state index is -0.332. The zero-order valence-electron chi connectivity index (χ0n) is 8.72. The van der Waals surface area contributed by atoms with Crippen molar-refractivity contribution in [3.05, 3.63) is 35.6 Å². The maximum atomic E-state index is 12.6. The molecule has 0 bridgehead atoms. The van der Waals surface area contributed by atoms with E-state index in [1.54, 1.807) is 0 Å². The van der Waals surface area contributed by atoms with Crippen molar-refractivity contribution in [2.24, 2.45) is 0 Å². The molecule has 0 aliphatic carbocycles. The SMILES string of the molecule is CNCCCNC(=O)c1ccc(F)cc1. The minimum Gasteiger partial charge on any atom is -0.352 e. The van der Waals surface area contributed by atoms with Gasteiger partial charge in [-0.1, -0.05) is 0 Å². The van der Waals surface area contributed by atoms with Crippen molar-refractivity contribution in [2.45, 2.75) is 6.42 Å². The fourth-order valence-corrected chi connectivity index (χ4v) is 1.17. The number of nitrogens with one attached hydrogen (secondary N) is 2. The standard InChI is InChI=1S/C11H15FN2O/c1-13-7-2-8-14-11(15)9-3-5-10(12)6-4-9/h3-6,13H,2,7-8H2,1H3,(H,14,15). The molecular formula is C11H15FN2O. The van der Waals surface area contributed by atoms with Crippen LogP contribution in [-0.2, 0) is 0 Å². The van der Waals surface area contributed by atoms with Crippen molar-refractivity contribution < 1.29 is 9.18 Å². The summed E-state index contributed by atoms with van der Waals surface area (Å²) in [4.78, 5) is 11.5. The first-order valence-corrected chi connectivity index (χ1v) is 4.92. The molecule has 1 amide bonds. The van der Waals surface area contributed by atoms with Crippen LogP contribution in [0.2, 0.25) is 0 Å². The molecule has 15 heavy (non-hydrogen) atoms. The summed E-state index contributed by atoms with van der Waals surface area (Å²) in [5.74, 6) is -0.493. The normalized spacial score (nSPS) is 10.0. The first kappa shape index (κ1) is 11.7.